The standard InChI is InChI=1S/C17H28N2OS/c1-11(2)13-6-7-16(14(10-13)12(3)4)19-17(20)15(18)8-9-21-5/h6-7,10-12,15H,8-9,18H2,1-5H3,(H,19,20)/t15-/m1/s1. The Balaban J connectivity index is 2.89. The molecule has 1 aromatic carbocycles. The molecule has 0 saturated carbocycles. The second-order valence-electron chi connectivity index (χ2n) is 6.03. The van der Waals surface area contributed by atoms with Gasteiger partial charge in [0.05, 0.1) is 6.04 Å². The maximum Gasteiger partial charge on any atom is 0.241 e. The summed E-state index contributed by atoms with van der Waals surface area (Å²) in [6.07, 6.45) is 2.72. The van der Waals surface area contributed by atoms with Crippen LogP contribution in [0.5, 0.6) is 0 Å². The van der Waals surface area contributed by atoms with E-state index in [4.69, 9.17) is 5.73 Å². The minimum absolute atomic E-state index is 0.0942. The third-order valence-electron chi connectivity index (χ3n) is 3.59. The van der Waals surface area contributed by atoms with Crippen molar-refractivity contribution < 1.29 is 4.79 Å². The third kappa shape index (κ3) is 5.36. The Hall–Kier alpha value is -1.00. The van der Waals surface area contributed by atoms with Crippen LogP contribution in [0.3, 0.4) is 0 Å². The van der Waals surface area contributed by atoms with E-state index in [1.165, 1.54) is 11.1 Å². The fraction of sp³-hybridized carbons (Fsp3) is 0.588. The third-order valence-corrected chi connectivity index (χ3v) is 4.24. The first-order chi connectivity index (χ1) is 9.86. The summed E-state index contributed by atoms with van der Waals surface area (Å²) in [6, 6.07) is 5.84. The first-order valence-electron chi connectivity index (χ1n) is 7.56. The molecule has 1 atom stereocenters. The lowest BCUT2D eigenvalue weighted by Gasteiger charge is -2.18. The zero-order valence-electron chi connectivity index (χ0n) is 13.8. The number of carbonyl (C=O) groups is 1. The van der Waals surface area contributed by atoms with Gasteiger partial charge in [0.2, 0.25) is 5.91 Å². The van der Waals surface area contributed by atoms with Gasteiger partial charge in [0.15, 0.2) is 0 Å². The maximum absolute atomic E-state index is 12.2. The van der Waals surface area contributed by atoms with Gasteiger partial charge in [0.1, 0.15) is 0 Å². The van der Waals surface area contributed by atoms with Crippen LogP contribution >= 0.6 is 11.8 Å². The average molecular weight is 308 g/mol. The number of nitrogens with one attached hydrogen (secondary N) is 1. The topological polar surface area (TPSA) is 55.1 Å². The first-order valence-corrected chi connectivity index (χ1v) is 8.95. The van der Waals surface area contributed by atoms with Gasteiger partial charge in [0.25, 0.3) is 0 Å². The van der Waals surface area contributed by atoms with E-state index in [9.17, 15) is 4.79 Å². The second kappa shape index (κ2) is 8.44. The smallest absolute Gasteiger partial charge is 0.241 e. The fourth-order valence-corrected chi connectivity index (χ4v) is 2.62. The molecule has 3 nitrogen and oxygen atoms in total. The highest BCUT2D eigenvalue weighted by Crippen LogP contribution is 2.28. The van der Waals surface area contributed by atoms with Crippen LogP contribution in [0.2, 0.25) is 0 Å². The number of hydrogen-bond acceptors (Lipinski definition) is 3. The SMILES string of the molecule is CSCC[C@@H](N)C(=O)Nc1ccc(C(C)C)cc1C(C)C. The Labute approximate surface area is 133 Å². The van der Waals surface area contributed by atoms with Gasteiger partial charge in [0, 0.05) is 5.69 Å². The lowest BCUT2D eigenvalue weighted by atomic mass is 9.94. The molecular formula is C17H28N2OS. The summed E-state index contributed by atoms with van der Waals surface area (Å²) in [7, 11) is 0. The van der Waals surface area contributed by atoms with Crippen LogP contribution in [0.15, 0.2) is 18.2 Å². The predicted molar refractivity (Wildman–Crippen MR) is 94.2 cm³/mol. The van der Waals surface area contributed by atoms with E-state index < -0.39 is 6.04 Å². The molecule has 0 fully saturated rings. The van der Waals surface area contributed by atoms with Crippen molar-refractivity contribution in [2.45, 2.75) is 52.0 Å². The molecule has 3 N–H and O–H groups in total. The molecular weight excluding hydrogens is 280 g/mol. The Morgan fingerprint density at radius 1 is 1.24 bits per heavy atom. The van der Waals surface area contributed by atoms with Crippen molar-refractivity contribution in [2.24, 2.45) is 5.73 Å². The van der Waals surface area contributed by atoms with E-state index >= 15 is 0 Å². The van der Waals surface area contributed by atoms with Crippen molar-refractivity contribution in [1.82, 2.24) is 0 Å². The van der Waals surface area contributed by atoms with Crippen LogP contribution in [0.1, 0.15) is 57.1 Å². The van der Waals surface area contributed by atoms with E-state index in [1.807, 2.05) is 12.3 Å². The lowest BCUT2D eigenvalue weighted by Crippen LogP contribution is -2.36. The maximum atomic E-state index is 12.2. The molecule has 1 rings (SSSR count). The number of benzene rings is 1. The predicted octanol–water partition coefficient (Wildman–Crippen LogP) is 3.95. The Kier molecular flexibility index (Phi) is 7.26. The molecule has 118 valence electrons. The summed E-state index contributed by atoms with van der Waals surface area (Å²) in [5.41, 5.74) is 9.29. The highest BCUT2D eigenvalue weighted by atomic mass is 32.2. The van der Waals surface area contributed by atoms with E-state index in [1.54, 1.807) is 11.8 Å². The van der Waals surface area contributed by atoms with Gasteiger partial charge in [-0.05, 0) is 47.5 Å². The van der Waals surface area contributed by atoms with Crippen LogP contribution in [0.25, 0.3) is 0 Å². The van der Waals surface area contributed by atoms with Crippen LogP contribution in [0, 0.1) is 0 Å². The van der Waals surface area contributed by atoms with Crippen molar-refractivity contribution in [3.8, 4) is 0 Å². The zero-order chi connectivity index (χ0) is 16.0. The number of anilines is 1. The molecule has 0 aliphatic carbocycles. The minimum Gasteiger partial charge on any atom is -0.324 e. The number of nitrogens with two attached hydrogens (primary N) is 1. The normalized spacial score (nSPS) is 12.8. The summed E-state index contributed by atoms with van der Waals surface area (Å²) >= 11 is 1.71. The number of thioether (sulfide) groups is 1. The molecule has 1 aromatic rings. The Morgan fingerprint density at radius 3 is 2.43 bits per heavy atom. The van der Waals surface area contributed by atoms with Crippen LogP contribution < -0.4 is 11.1 Å². The van der Waals surface area contributed by atoms with E-state index in [0.717, 1.165) is 11.4 Å². The van der Waals surface area contributed by atoms with Gasteiger partial charge >= 0.3 is 0 Å². The van der Waals surface area contributed by atoms with Crippen molar-refractivity contribution in [3.05, 3.63) is 29.3 Å². The van der Waals surface area contributed by atoms with Crippen LogP contribution in [0.4, 0.5) is 5.69 Å². The number of amides is 1. The molecule has 0 aromatic heterocycles. The molecule has 0 saturated heterocycles. The zero-order valence-corrected chi connectivity index (χ0v) is 14.6. The van der Waals surface area contributed by atoms with Gasteiger partial charge in [-0.3, -0.25) is 4.79 Å². The minimum atomic E-state index is -0.442. The molecule has 0 aliphatic heterocycles. The molecule has 1 amide bonds. The van der Waals surface area contributed by atoms with E-state index in [0.29, 0.717) is 18.3 Å². The monoisotopic (exact) mass is 308 g/mol. The summed E-state index contributed by atoms with van der Waals surface area (Å²) in [5, 5.41) is 2.99. The molecule has 4 heteroatoms. The van der Waals surface area contributed by atoms with Gasteiger partial charge in [-0.15, -0.1) is 0 Å². The molecule has 0 bridgehead atoms. The van der Waals surface area contributed by atoms with Gasteiger partial charge < -0.3 is 11.1 Å². The number of rotatable bonds is 7. The highest BCUT2D eigenvalue weighted by Gasteiger charge is 2.16. The Morgan fingerprint density at radius 2 is 1.90 bits per heavy atom. The summed E-state index contributed by atoms with van der Waals surface area (Å²) < 4.78 is 0. The van der Waals surface area contributed by atoms with E-state index in [2.05, 4.69) is 45.1 Å². The molecule has 0 unspecified atom stereocenters. The number of hydrogen-bond donors (Lipinski definition) is 2. The van der Waals surface area contributed by atoms with Crippen molar-refractivity contribution in [1.29, 1.82) is 0 Å². The molecule has 0 aliphatic rings. The highest BCUT2D eigenvalue weighted by molar-refractivity contribution is 7.98. The van der Waals surface area contributed by atoms with Gasteiger partial charge in [-0.25, -0.2) is 0 Å². The van der Waals surface area contributed by atoms with Crippen molar-refractivity contribution in [2.75, 3.05) is 17.3 Å². The van der Waals surface area contributed by atoms with Crippen LogP contribution in [-0.2, 0) is 4.79 Å². The van der Waals surface area contributed by atoms with Crippen molar-refractivity contribution >= 4 is 23.4 Å². The molecule has 21 heavy (non-hydrogen) atoms. The van der Waals surface area contributed by atoms with Crippen LogP contribution in [-0.4, -0.2) is 24.0 Å². The number of carbonyl (C=O) groups excluding carboxylic acids is 1. The lowest BCUT2D eigenvalue weighted by molar-refractivity contribution is -0.117. The molecule has 0 spiro atoms. The molecule has 0 radical (unpaired) electrons. The largest absolute Gasteiger partial charge is 0.324 e. The van der Waals surface area contributed by atoms with Gasteiger partial charge in [-0.1, -0.05) is 39.8 Å². The molecule has 0 heterocycles. The summed E-state index contributed by atoms with van der Waals surface area (Å²) in [5.74, 6) is 1.65. The quantitative estimate of drug-likeness (QED) is 0.802. The Bertz CT molecular complexity index is 472. The average Bonchev–Trinajstić information content (AvgIpc) is 2.44. The van der Waals surface area contributed by atoms with Gasteiger partial charge in [-0.2, -0.15) is 11.8 Å². The summed E-state index contributed by atoms with van der Waals surface area (Å²) in [4.78, 5) is 12.2. The first kappa shape index (κ1) is 18.1. The summed E-state index contributed by atoms with van der Waals surface area (Å²) in [6.45, 7) is 8.64. The van der Waals surface area contributed by atoms with E-state index in [-0.39, 0.29) is 5.91 Å². The second-order valence-corrected chi connectivity index (χ2v) is 7.02. The fourth-order valence-electron chi connectivity index (χ4n) is 2.13. The van der Waals surface area contributed by atoms with Crippen molar-refractivity contribution in [3.63, 3.8) is 0 Å².